The molecule has 3 rings (SSSR count). The van der Waals surface area contributed by atoms with Crippen molar-refractivity contribution in [3.8, 4) is 5.75 Å². The van der Waals surface area contributed by atoms with Crippen molar-refractivity contribution in [3.05, 3.63) is 35.4 Å². The molecule has 1 aromatic carbocycles. The van der Waals surface area contributed by atoms with Crippen LogP contribution < -0.4 is 4.43 Å². The van der Waals surface area contributed by atoms with Crippen LogP contribution in [0.4, 0.5) is 9.59 Å². The number of fused-ring (bicyclic) bond motifs is 2. The standard InChI is InChI=1S/C32H47Cl3N2O7Si/c1-12-41-26(38)25-23(20-13-15-22(16-14-20)44-45(10,11)30(5,6)7)17-21-18-36(27(39)42-29(2,3)4)19-24(25)37(21)28(40)43-31(8,9)32(33,34)35/h13-16,21,24H,12,17-19H2,1-11H3. The minimum atomic E-state index is -2.08. The lowest BCUT2D eigenvalue weighted by molar-refractivity contribution is -0.140. The van der Waals surface area contributed by atoms with Gasteiger partial charge in [-0.05, 0) is 89.4 Å². The van der Waals surface area contributed by atoms with Crippen molar-refractivity contribution < 1.29 is 33.0 Å². The number of alkyl halides is 3. The van der Waals surface area contributed by atoms with E-state index in [1.165, 1.54) is 23.6 Å². The van der Waals surface area contributed by atoms with Gasteiger partial charge < -0.3 is 23.5 Å². The van der Waals surface area contributed by atoms with Gasteiger partial charge in [-0.1, -0.05) is 67.7 Å². The van der Waals surface area contributed by atoms with E-state index in [0.717, 1.165) is 16.9 Å². The molecular weight excluding hydrogens is 659 g/mol. The highest BCUT2D eigenvalue weighted by Gasteiger charge is 2.52. The van der Waals surface area contributed by atoms with Crippen molar-refractivity contribution >= 4 is 66.8 Å². The second-order valence-electron chi connectivity index (χ2n) is 14.5. The van der Waals surface area contributed by atoms with Gasteiger partial charge in [0.15, 0.2) is 5.60 Å². The Kier molecular flexibility index (Phi) is 10.9. The maximum atomic E-state index is 13.8. The molecule has 13 heteroatoms. The Morgan fingerprint density at radius 1 is 0.889 bits per heavy atom. The number of ether oxygens (including phenoxy) is 3. The highest BCUT2D eigenvalue weighted by atomic mass is 35.6. The van der Waals surface area contributed by atoms with Gasteiger partial charge in [-0.25, -0.2) is 14.4 Å². The molecule has 2 amide bonds. The highest BCUT2D eigenvalue weighted by molar-refractivity contribution is 6.74. The van der Waals surface area contributed by atoms with Gasteiger partial charge in [-0.2, -0.15) is 0 Å². The summed E-state index contributed by atoms with van der Waals surface area (Å²) in [6.45, 7) is 21.1. The third-order valence-electron chi connectivity index (χ3n) is 8.42. The number of halogens is 3. The van der Waals surface area contributed by atoms with Gasteiger partial charge in [0.2, 0.25) is 12.1 Å². The molecule has 2 aliphatic rings. The summed E-state index contributed by atoms with van der Waals surface area (Å²) in [6.07, 6.45) is -1.09. The Balaban J connectivity index is 2.11. The maximum absolute atomic E-state index is 13.8. The van der Waals surface area contributed by atoms with E-state index in [9.17, 15) is 14.4 Å². The number of rotatable bonds is 6. The lowest BCUT2D eigenvalue weighted by Gasteiger charge is -2.50. The van der Waals surface area contributed by atoms with E-state index in [2.05, 4.69) is 33.9 Å². The van der Waals surface area contributed by atoms with E-state index in [0.29, 0.717) is 0 Å². The zero-order valence-electron chi connectivity index (χ0n) is 28.2. The van der Waals surface area contributed by atoms with Crippen LogP contribution in [0.2, 0.25) is 18.1 Å². The molecule has 0 spiro atoms. The molecule has 2 heterocycles. The molecule has 45 heavy (non-hydrogen) atoms. The topological polar surface area (TPSA) is 94.6 Å². The summed E-state index contributed by atoms with van der Waals surface area (Å²) in [6, 6.07) is 6.14. The Hall–Kier alpha value is -2.14. The predicted octanol–water partition coefficient (Wildman–Crippen LogP) is 8.37. The molecule has 252 valence electrons. The molecule has 0 aromatic heterocycles. The monoisotopic (exact) mass is 704 g/mol. The summed E-state index contributed by atoms with van der Waals surface area (Å²) >= 11 is 18.4. The number of esters is 1. The number of hydrogen-bond acceptors (Lipinski definition) is 7. The minimum absolute atomic E-state index is 0.0226. The molecular formula is C32H47Cl3N2O7Si. The summed E-state index contributed by atoms with van der Waals surface area (Å²) in [5.41, 5.74) is -0.479. The number of carbonyl (C=O) groups excluding carboxylic acids is 3. The zero-order valence-corrected chi connectivity index (χ0v) is 31.4. The molecule has 1 fully saturated rings. The summed E-state index contributed by atoms with van der Waals surface area (Å²) in [4.78, 5) is 43.7. The van der Waals surface area contributed by atoms with Gasteiger partial charge >= 0.3 is 18.2 Å². The van der Waals surface area contributed by atoms with Gasteiger partial charge in [-0.15, -0.1) is 0 Å². The van der Waals surface area contributed by atoms with Gasteiger partial charge in [0.05, 0.1) is 24.3 Å². The fourth-order valence-corrected chi connectivity index (χ4v) is 6.05. The van der Waals surface area contributed by atoms with Crippen molar-refractivity contribution in [2.45, 2.75) is 114 Å². The maximum Gasteiger partial charge on any atom is 0.411 e. The van der Waals surface area contributed by atoms with E-state index < -0.39 is 53.6 Å². The molecule has 2 atom stereocenters. The number of benzene rings is 1. The van der Waals surface area contributed by atoms with Crippen LogP contribution in [-0.2, 0) is 19.0 Å². The summed E-state index contributed by atoms with van der Waals surface area (Å²) in [5.74, 6) is 0.150. The molecule has 1 saturated heterocycles. The first-order chi connectivity index (χ1) is 20.4. The second-order valence-corrected chi connectivity index (χ2v) is 21.5. The van der Waals surface area contributed by atoms with E-state index in [4.69, 9.17) is 53.4 Å². The normalized spacial score (nSPS) is 19.7. The van der Waals surface area contributed by atoms with E-state index in [1.54, 1.807) is 27.7 Å². The van der Waals surface area contributed by atoms with Crippen LogP contribution in [-0.4, -0.2) is 83.0 Å². The minimum Gasteiger partial charge on any atom is -0.544 e. The third-order valence-corrected chi connectivity index (χ3v) is 14.1. The predicted molar refractivity (Wildman–Crippen MR) is 181 cm³/mol. The molecule has 2 unspecified atom stereocenters. The van der Waals surface area contributed by atoms with Crippen LogP contribution in [0, 0.1) is 0 Å². The van der Waals surface area contributed by atoms with Crippen molar-refractivity contribution in [1.29, 1.82) is 0 Å². The first-order valence-electron chi connectivity index (χ1n) is 15.1. The van der Waals surface area contributed by atoms with Crippen LogP contribution in [0.1, 0.15) is 74.3 Å². The lowest BCUT2D eigenvalue weighted by atomic mass is 9.82. The Morgan fingerprint density at radius 2 is 1.47 bits per heavy atom. The third kappa shape index (κ3) is 8.61. The Labute approximate surface area is 283 Å². The number of nitrogens with zero attached hydrogens (tertiary/aromatic N) is 2. The van der Waals surface area contributed by atoms with Crippen molar-refractivity contribution in [3.63, 3.8) is 0 Å². The van der Waals surface area contributed by atoms with E-state index in [-0.39, 0.29) is 36.7 Å². The molecule has 0 saturated carbocycles. The largest absolute Gasteiger partial charge is 0.544 e. The van der Waals surface area contributed by atoms with Gasteiger partial charge in [0, 0.05) is 13.1 Å². The lowest BCUT2D eigenvalue weighted by Crippen LogP contribution is -2.66. The number of hydrogen-bond donors (Lipinski definition) is 0. The molecule has 1 aromatic rings. The Morgan fingerprint density at radius 3 is 1.96 bits per heavy atom. The summed E-state index contributed by atoms with van der Waals surface area (Å²) < 4.78 is 21.5. The average Bonchev–Trinajstić information content (AvgIpc) is 2.85. The molecule has 0 radical (unpaired) electrons. The molecule has 9 nitrogen and oxygen atoms in total. The van der Waals surface area contributed by atoms with Crippen LogP contribution in [0.3, 0.4) is 0 Å². The number of piperazine rings is 1. The van der Waals surface area contributed by atoms with Crippen LogP contribution >= 0.6 is 34.8 Å². The van der Waals surface area contributed by atoms with Gasteiger partial charge in [0.1, 0.15) is 11.4 Å². The van der Waals surface area contributed by atoms with Crippen molar-refractivity contribution in [1.82, 2.24) is 9.80 Å². The van der Waals surface area contributed by atoms with E-state index >= 15 is 0 Å². The molecule has 2 aliphatic heterocycles. The van der Waals surface area contributed by atoms with Gasteiger partial charge in [-0.3, -0.25) is 4.90 Å². The van der Waals surface area contributed by atoms with Crippen molar-refractivity contribution in [2.75, 3.05) is 19.7 Å². The highest BCUT2D eigenvalue weighted by Crippen LogP contribution is 2.44. The fourth-order valence-electron chi connectivity index (χ4n) is 4.90. The Bertz CT molecular complexity index is 1310. The summed E-state index contributed by atoms with van der Waals surface area (Å²) in [5, 5.41) is 0.0226. The second kappa shape index (κ2) is 13.2. The van der Waals surface area contributed by atoms with Crippen LogP contribution in [0.25, 0.3) is 5.57 Å². The smallest absolute Gasteiger partial charge is 0.411 e. The SMILES string of the molecule is CCOC(=O)C1=C(c2ccc(O[Si](C)(C)C(C)(C)C)cc2)CC2CN(C(=O)OC(C)(C)C)CC1N2C(=O)OC(C)(C)C(Cl)(Cl)Cl. The van der Waals surface area contributed by atoms with E-state index in [1.807, 2.05) is 24.3 Å². The quantitative estimate of drug-likeness (QED) is 0.127. The average molecular weight is 706 g/mol. The fraction of sp³-hybridized carbons (Fsp3) is 0.656. The first-order valence-corrected chi connectivity index (χ1v) is 19.2. The van der Waals surface area contributed by atoms with Gasteiger partial charge in [0.25, 0.3) is 0 Å². The molecule has 0 aliphatic carbocycles. The van der Waals surface area contributed by atoms with Crippen LogP contribution in [0.5, 0.6) is 5.75 Å². The number of carbonyl (C=O) groups is 3. The first kappa shape index (κ1) is 37.3. The molecule has 2 bridgehead atoms. The zero-order chi connectivity index (χ0) is 34.3. The van der Waals surface area contributed by atoms with Crippen LogP contribution in [0.15, 0.2) is 29.8 Å². The molecule has 0 N–H and O–H groups in total. The number of amides is 2. The summed E-state index contributed by atoms with van der Waals surface area (Å²) in [7, 11) is -2.08. The van der Waals surface area contributed by atoms with Crippen molar-refractivity contribution in [2.24, 2.45) is 0 Å².